The summed E-state index contributed by atoms with van der Waals surface area (Å²) in [5.74, 6) is -0.591. The zero-order valence-corrected chi connectivity index (χ0v) is 13.6. The van der Waals surface area contributed by atoms with Gasteiger partial charge in [-0.25, -0.2) is 8.42 Å². The summed E-state index contributed by atoms with van der Waals surface area (Å²) in [6.45, 7) is 2.24. The molecule has 1 heterocycles. The van der Waals surface area contributed by atoms with Crippen LogP contribution < -0.4 is 4.74 Å². The van der Waals surface area contributed by atoms with E-state index >= 15 is 0 Å². The smallest absolute Gasteiger partial charge is 0.303 e. The van der Waals surface area contributed by atoms with Crippen molar-refractivity contribution in [3.63, 3.8) is 0 Å². The van der Waals surface area contributed by atoms with Gasteiger partial charge in [0.25, 0.3) is 0 Å². The van der Waals surface area contributed by atoms with Gasteiger partial charge in [0.05, 0.1) is 7.11 Å². The van der Waals surface area contributed by atoms with E-state index in [2.05, 4.69) is 0 Å². The second-order valence-electron chi connectivity index (χ2n) is 5.50. The fourth-order valence-corrected chi connectivity index (χ4v) is 4.78. The Hall–Kier alpha value is -1.60. The Bertz CT molecular complexity index is 656. The van der Waals surface area contributed by atoms with Gasteiger partial charge in [-0.1, -0.05) is 6.07 Å². The summed E-state index contributed by atoms with van der Waals surface area (Å²) >= 11 is 0. The Kier molecular flexibility index (Phi) is 5.08. The van der Waals surface area contributed by atoms with Crippen LogP contribution in [0.15, 0.2) is 23.1 Å². The lowest BCUT2D eigenvalue weighted by Gasteiger charge is -2.24. The molecule has 2 rings (SSSR count). The van der Waals surface area contributed by atoms with Gasteiger partial charge in [-0.3, -0.25) is 4.79 Å². The molecule has 0 bridgehead atoms. The minimum absolute atomic E-state index is 0.0262. The molecule has 1 aliphatic heterocycles. The third kappa shape index (κ3) is 3.41. The van der Waals surface area contributed by atoms with Gasteiger partial charge < -0.3 is 9.84 Å². The summed E-state index contributed by atoms with van der Waals surface area (Å²) in [5.41, 5.74) is 0.834. The van der Waals surface area contributed by atoms with E-state index in [9.17, 15) is 13.2 Å². The molecule has 0 spiro atoms. The first kappa shape index (κ1) is 16.8. The second kappa shape index (κ2) is 6.66. The summed E-state index contributed by atoms with van der Waals surface area (Å²) in [6.07, 6.45) is 1.75. The molecular formula is C15H21NO5S. The van der Waals surface area contributed by atoms with Gasteiger partial charge in [-0.05, 0) is 43.9 Å². The monoisotopic (exact) mass is 327 g/mol. The van der Waals surface area contributed by atoms with Crippen LogP contribution in [-0.2, 0) is 14.8 Å². The number of carboxylic acid groups (broad SMARTS) is 1. The molecule has 0 aromatic heterocycles. The molecule has 1 aromatic carbocycles. The maximum atomic E-state index is 12.9. The van der Waals surface area contributed by atoms with E-state index in [-0.39, 0.29) is 17.4 Å². The van der Waals surface area contributed by atoms with Crippen LogP contribution in [0.4, 0.5) is 0 Å². The number of carboxylic acids is 1. The van der Waals surface area contributed by atoms with Crippen LogP contribution in [0.2, 0.25) is 0 Å². The van der Waals surface area contributed by atoms with Crippen molar-refractivity contribution >= 4 is 16.0 Å². The number of benzene rings is 1. The third-order valence-electron chi connectivity index (χ3n) is 3.92. The first-order chi connectivity index (χ1) is 10.4. The Morgan fingerprint density at radius 3 is 2.82 bits per heavy atom. The van der Waals surface area contributed by atoms with E-state index < -0.39 is 16.0 Å². The molecule has 1 aliphatic rings. The number of aliphatic carboxylic acids is 1. The van der Waals surface area contributed by atoms with Crippen LogP contribution in [0.25, 0.3) is 0 Å². The van der Waals surface area contributed by atoms with Crippen molar-refractivity contribution < 1.29 is 23.1 Å². The largest absolute Gasteiger partial charge is 0.495 e. The zero-order chi connectivity index (χ0) is 16.3. The number of hydrogen-bond donors (Lipinski definition) is 1. The molecule has 0 saturated carbocycles. The van der Waals surface area contributed by atoms with Gasteiger partial charge in [-0.2, -0.15) is 4.31 Å². The lowest BCUT2D eigenvalue weighted by molar-refractivity contribution is -0.137. The van der Waals surface area contributed by atoms with Gasteiger partial charge in [0.2, 0.25) is 10.0 Å². The zero-order valence-electron chi connectivity index (χ0n) is 12.8. The van der Waals surface area contributed by atoms with Gasteiger partial charge in [-0.15, -0.1) is 0 Å². The van der Waals surface area contributed by atoms with Crippen molar-refractivity contribution in [1.29, 1.82) is 0 Å². The van der Waals surface area contributed by atoms with Crippen LogP contribution in [-0.4, -0.2) is 43.5 Å². The molecule has 7 heteroatoms. The summed E-state index contributed by atoms with van der Waals surface area (Å²) in [4.78, 5) is 10.9. The molecule has 1 atom stereocenters. The number of carbonyl (C=O) groups is 1. The quantitative estimate of drug-likeness (QED) is 0.864. The molecule has 1 aromatic rings. The second-order valence-corrected chi connectivity index (χ2v) is 7.36. The van der Waals surface area contributed by atoms with E-state index in [0.717, 1.165) is 12.0 Å². The lowest BCUT2D eigenvalue weighted by Crippen LogP contribution is -2.36. The van der Waals surface area contributed by atoms with E-state index in [0.29, 0.717) is 25.1 Å². The predicted molar refractivity (Wildman–Crippen MR) is 81.5 cm³/mol. The molecule has 122 valence electrons. The summed E-state index contributed by atoms with van der Waals surface area (Å²) in [7, 11) is -2.25. The van der Waals surface area contributed by atoms with Crippen LogP contribution in [0.1, 0.15) is 31.2 Å². The molecule has 1 fully saturated rings. The van der Waals surface area contributed by atoms with Crippen molar-refractivity contribution in [3.8, 4) is 5.75 Å². The van der Waals surface area contributed by atoms with E-state index in [4.69, 9.17) is 9.84 Å². The van der Waals surface area contributed by atoms with Crippen molar-refractivity contribution in [2.24, 2.45) is 0 Å². The topological polar surface area (TPSA) is 83.9 Å². The minimum atomic E-state index is -3.69. The van der Waals surface area contributed by atoms with Gasteiger partial charge >= 0.3 is 5.97 Å². The van der Waals surface area contributed by atoms with Crippen LogP contribution in [0.3, 0.4) is 0 Å². The fraction of sp³-hybridized carbons (Fsp3) is 0.533. The highest BCUT2D eigenvalue weighted by molar-refractivity contribution is 7.89. The van der Waals surface area contributed by atoms with Crippen molar-refractivity contribution in [3.05, 3.63) is 23.8 Å². The first-order valence-corrected chi connectivity index (χ1v) is 8.68. The number of ether oxygens (including phenoxy) is 1. The maximum Gasteiger partial charge on any atom is 0.303 e. The Morgan fingerprint density at radius 1 is 1.45 bits per heavy atom. The fourth-order valence-electron chi connectivity index (χ4n) is 2.82. The number of sulfonamides is 1. The van der Waals surface area contributed by atoms with E-state index in [1.807, 2.05) is 6.92 Å². The van der Waals surface area contributed by atoms with Crippen LogP contribution >= 0.6 is 0 Å². The highest BCUT2D eigenvalue weighted by Crippen LogP contribution is 2.33. The Balaban J connectivity index is 2.33. The van der Waals surface area contributed by atoms with Crippen molar-refractivity contribution in [1.82, 2.24) is 4.31 Å². The SMILES string of the molecule is COc1ccc(C)cc1S(=O)(=O)N1CCCC1CCC(=O)O. The van der Waals surface area contributed by atoms with Gasteiger partial charge in [0, 0.05) is 19.0 Å². The highest BCUT2D eigenvalue weighted by Gasteiger charge is 2.36. The summed E-state index contributed by atoms with van der Waals surface area (Å²) in [5, 5.41) is 8.81. The minimum Gasteiger partial charge on any atom is -0.495 e. The van der Waals surface area contributed by atoms with Gasteiger partial charge in [0.15, 0.2) is 0 Å². The molecule has 22 heavy (non-hydrogen) atoms. The van der Waals surface area contributed by atoms with Crippen molar-refractivity contribution in [2.45, 2.75) is 43.5 Å². The molecule has 1 N–H and O–H groups in total. The standard InChI is InChI=1S/C15H21NO5S/c1-11-5-7-13(21-2)14(10-11)22(19,20)16-9-3-4-12(16)6-8-15(17)18/h5,7,10,12H,3-4,6,8-9H2,1-2H3,(H,17,18). The Labute approximate surface area is 130 Å². The van der Waals surface area contributed by atoms with Crippen LogP contribution in [0, 0.1) is 6.92 Å². The number of methoxy groups -OCH3 is 1. The molecule has 0 radical (unpaired) electrons. The molecule has 1 saturated heterocycles. The van der Waals surface area contributed by atoms with Crippen molar-refractivity contribution in [2.75, 3.05) is 13.7 Å². The average molecular weight is 327 g/mol. The molecule has 0 aliphatic carbocycles. The summed E-state index contributed by atoms with van der Waals surface area (Å²) in [6, 6.07) is 4.78. The van der Waals surface area contributed by atoms with E-state index in [1.54, 1.807) is 18.2 Å². The normalized spacial score (nSPS) is 19.3. The molecular weight excluding hydrogens is 306 g/mol. The average Bonchev–Trinajstić information content (AvgIpc) is 2.94. The predicted octanol–water partition coefficient (Wildman–Crippen LogP) is 2.02. The van der Waals surface area contributed by atoms with E-state index in [1.165, 1.54) is 11.4 Å². The molecule has 6 nitrogen and oxygen atoms in total. The number of nitrogens with zero attached hydrogens (tertiary/aromatic N) is 1. The summed E-state index contributed by atoms with van der Waals surface area (Å²) < 4.78 is 32.4. The Morgan fingerprint density at radius 2 is 2.18 bits per heavy atom. The first-order valence-electron chi connectivity index (χ1n) is 7.24. The molecule has 0 amide bonds. The third-order valence-corrected chi connectivity index (χ3v) is 5.89. The molecule has 1 unspecified atom stereocenters. The lowest BCUT2D eigenvalue weighted by atomic mass is 10.1. The number of aryl methyl sites for hydroxylation is 1. The number of rotatable bonds is 6. The van der Waals surface area contributed by atoms with Gasteiger partial charge in [0.1, 0.15) is 10.6 Å². The van der Waals surface area contributed by atoms with Crippen LogP contribution in [0.5, 0.6) is 5.75 Å². The highest BCUT2D eigenvalue weighted by atomic mass is 32.2. The maximum absolute atomic E-state index is 12.9. The number of hydrogen-bond acceptors (Lipinski definition) is 4.